The molecular formula is C17H15FN2OS. The van der Waals surface area contributed by atoms with E-state index in [1.54, 1.807) is 35.6 Å². The third kappa shape index (κ3) is 2.99. The lowest BCUT2D eigenvalue weighted by molar-refractivity contribution is 0.0951. The highest BCUT2D eigenvalue weighted by molar-refractivity contribution is 7.18. The second kappa shape index (κ2) is 6.23. The molecule has 1 N–H and O–H groups in total. The van der Waals surface area contributed by atoms with Gasteiger partial charge in [0.15, 0.2) is 0 Å². The van der Waals surface area contributed by atoms with Crippen LogP contribution < -0.4 is 5.32 Å². The molecule has 0 atom stereocenters. The van der Waals surface area contributed by atoms with Gasteiger partial charge in [-0.1, -0.05) is 25.1 Å². The molecule has 3 nitrogen and oxygen atoms in total. The summed E-state index contributed by atoms with van der Waals surface area (Å²) in [7, 11) is 0. The summed E-state index contributed by atoms with van der Waals surface area (Å²) in [6.45, 7) is 2.23. The van der Waals surface area contributed by atoms with Crippen LogP contribution in [0, 0.1) is 5.82 Å². The highest BCUT2D eigenvalue weighted by Crippen LogP contribution is 2.23. The molecule has 0 aliphatic rings. The van der Waals surface area contributed by atoms with E-state index in [0.29, 0.717) is 11.1 Å². The van der Waals surface area contributed by atoms with Gasteiger partial charge in [-0.15, -0.1) is 11.3 Å². The number of halogens is 1. The van der Waals surface area contributed by atoms with Crippen molar-refractivity contribution < 1.29 is 9.18 Å². The van der Waals surface area contributed by atoms with Gasteiger partial charge in [-0.3, -0.25) is 4.79 Å². The SMILES string of the molecule is CCc1nc2ccc(C(=O)NCc3ccccc3F)cc2s1. The number of fused-ring (bicyclic) bond motifs is 1. The highest BCUT2D eigenvalue weighted by atomic mass is 32.1. The van der Waals surface area contributed by atoms with E-state index in [-0.39, 0.29) is 18.3 Å². The van der Waals surface area contributed by atoms with Crippen molar-refractivity contribution in [1.82, 2.24) is 10.3 Å². The molecule has 0 saturated carbocycles. The Morgan fingerprint density at radius 3 is 2.86 bits per heavy atom. The van der Waals surface area contributed by atoms with Gasteiger partial charge in [0.1, 0.15) is 5.82 Å². The van der Waals surface area contributed by atoms with Gasteiger partial charge in [0.2, 0.25) is 0 Å². The lowest BCUT2D eigenvalue weighted by atomic mass is 10.2. The molecule has 0 radical (unpaired) electrons. The summed E-state index contributed by atoms with van der Waals surface area (Å²) in [5, 5.41) is 3.80. The summed E-state index contributed by atoms with van der Waals surface area (Å²) in [5.74, 6) is -0.523. The van der Waals surface area contributed by atoms with Gasteiger partial charge >= 0.3 is 0 Å². The van der Waals surface area contributed by atoms with Crippen LogP contribution in [-0.2, 0) is 13.0 Å². The number of nitrogens with one attached hydrogen (secondary N) is 1. The zero-order chi connectivity index (χ0) is 15.5. The summed E-state index contributed by atoms with van der Waals surface area (Å²) < 4.78 is 14.5. The van der Waals surface area contributed by atoms with Gasteiger partial charge in [0.25, 0.3) is 5.91 Å². The molecule has 0 unspecified atom stereocenters. The molecule has 22 heavy (non-hydrogen) atoms. The van der Waals surface area contributed by atoms with Crippen LogP contribution in [0.25, 0.3) is 10.2 Å². The average molecular weight is 314 g/mol. The minimum absolute atomic E-state index is 0.173. The first-order chi connectivity index (χ1) is 10.7. The van der Waals surface area contributed by atoms with E-state index in [1.165, 1.54) is 6.07 Å². The Hall–Kier alpha value is -2.27. The van der Waals surface area contributed by atoms with Crippen LogP contribution in [0.2, 0.25) is 0 Å². The molecule has 3 aromatic rings. The Morgan fingerprint density at radius 1 is 1.27 bits per heavy atom. The highest BCUT2D eigenvalue weighted by Gasteiger charge is 2.10. The molecule has 0 aliphatic heterocycles. The first-order valence-corrected chi connectivity index (χ1v) is 7.90. The number of benzene rings is 2. The summed E-state index contributed by atoms with van der Waals surface area (Å²) in [4.78, 5) is 16.7. The van der Waals surface area contributed by atoms with Crippen LogP contribution in [0.3, 0.4) is 0 Å². The van der Waals surface area contributed by atoms with Gasteiger partial charge < -0.3 is 5.32 Å². The van der Waals surface area contributed by atoms with Crippen LogP contribution in [0.4, 0.5) is 4.39 Å². The maximum atomic E-state index is 13.5. The van der Waals surface area contributed by atoms with Crippen LogP contribution in [0.1, 0.15) is 27.9 Å². The van der Waals surface area contributed by atoms with Crippen molar-refractivity contribution in [3.8, 4) is 0 Å². The maximum absolute atomic E-state index is 13.5. The van der Waals surface area contributed by atoms with E-state index < -0.39 is 0 Å². The first-order valence-electron chi connectivity index (χ1n) is 7.08. The van der Waals surface area contributed by atoms with Crippen molar-refractivity contribution in [2.24, 2.45) is 0 Å². The summed E-state index contributed by atoms with van der Waals surface area (Å²) >= 11 is 1.59. The fourth-order valence-corrected chi connectivity index (χ4v) is 3.13. The first kappa shape index (κ1) is 14.7. The quantitative estimate of drug-likeness (QED) is 0.793. The van der Waals surface area contributed by atoms with E-state index in [1.807, 2.05) is 12.1 Å². The normalized spacial score (nSPS) is 10.8. The Balaban J connectivity index is 1.76. The van der Waals surface area contributed by atoms with Crippen LogP contribution in [-0.4, -0.2) is 10.9 Å². The molecule has 0 spiro atoms. The standard InChI is InChI=1S/C17H15FN2OS/c1-2-16-20-14-8-7-11(9-15(14)22-16)17(21)19-10-12-5-3-4-6-13(12)18/h3-9H,2,10H2,1H3,(H,19,21). The van der Waals surface area contributed by atoms with Crippen molar-refractivity contribution in [1.29, 1.82) is 0 Å². The van der Waals surface area contributed by atoms with Crippen LogP contribution in [0.15, 0.2) is 42.5 Å². The predicted octanol–water partition coefficient (Wildman–Crippen LogP) is 3.93. The van der Waals surface area contributed by atoms with Crippen molar-refractivity contribution in [2.75, 3.05) is 0 Å². The Bertz CT molecular complexity index is 828. The third-order valence-corrected chi connectivity index (χ3v) is 4.56. The van der Waals surface area contributed by atoms with E-state index in [9.17, 15) is 9.18 Å². The molecule has 2 aromatic carbocycles. The molecule has 1 amide bonds. The Kier molecular flexibility index (Phi) is 4.15. The van der Waals surface area contributed by atoms with Crippen molar-refractivity contribution in [3.63, 3.8) is 0 Å². The number of aryl methyl sites for hydroxylation is 1. The number of carbonyl (C=O) groups excluding carboxylic acids is 1. The van der Waals surface area contributed by atoms with Crippen LogP contribution in [0.5, 0.6) is 0 Å². The fourth-order valence-electron chi connectivity index (χ4n) is 2.18. The van der Waals surface area contributed by atoms with Crippen molar-refractivity contribution >= 4 is 27.5 Å². The van der Waals surface area contributed by atoms with Crippen molar-refractivity contribution in [2.45, 2.75) is 19.9 Å². The molecular weight excluding hydrogens is 299 g/mol. The lowest BCUT2D eigenvalue weighted by Crippen LogP contribution is -2.23. The zero-order valence-electron chi connectivity index (χ0n) is 12.1. The molecule has 1 heterocycles. The number of hydrogen-bond acceptors (Lipinski definition) is 3. The van der Waals surface area contributed by atoms with Crippen LogP contribution >= 0.6 is 11.3 Å². The predicted molar refractivity (Wildman–Crippen MR) is 86.6 cm³/mol. The fraction of sp³-hybridized carbons (Fsp3) is 0.176. The second-order valence-electron chi connectivity index (χ2n) is 4.92. The number of aromatic nitrogens is 1. The number of hydrogen-bond donors (Lipinski definition) is 1. The smallest absolute Gasteiger partial charge is 0.251 e. The molecule has 5 heteroatoms. The Labute approximate surface area is 131 Å². The monoisotopic (exact) mass is 314 g/mol. The zero-order valence-corrected chi connectivity index (χ0v) is 12.9. The molecule has 112 valence electrons. The number of thiazole rings is 1. The summed E-state index contributed by atoms with van der Waals surface area (Å²) in [5.41, 5.74) is 1.95. The number of rotatable bonds is 4. The molecule has 0 aliphatic carbocycles. The van der Waals surface area contributed by atoms with E-state index in [2.05, 4.69) is 17.2 Å². The average Bonchev–Trinajstić information content (AvgIpc) is 2.96. The second-order valence-corrected chi connectivity index (χ2v) is 6.03. The molecule has 1 aromatic heterocycles. The van der Waals surface area contributed by atoms with Gasteiger partial charge in [-0.05, 0) is 30.7 Å². The van der Waals surface area contributed by atoms with Gasteiger partial charge in [-0.25, -0.2) is 9.37 Å². The summed E-state index contributed by atoms with van der Waals surface area (Å²) in [6.07, 6.45) is 0.883. The molecule has 0 bridgehead atoms. The van der Waals surface area contributed by atoms with Gasteiger partial charge in [0.05, 0.1) is 15.2 Å². The number of nitrogens with zero attached hydrogens (tertiary/aromatic N) is 1. The lowest BCUT2D eigenvalue weighted by Gasteiger charge is -2.06. The molecule has 3 rings (SSSR count). The topological polar surface area (TPSA) is 42.0 Å². The van der Waals surface area contributed by atoms with E-state index >= 15 is 0 Å². The van der Waals surface area contributed by atoms with Crippen molar-refractivity contribution in [3.05, 3.63) is 64.4 Å². The molecule has 0 fully saturated rings. The Morgan fingerprint density at radius 2 is 2.09 bits per heavy atom. The molecule has 0 saturated heterocycles. The maximum Gasteiger partial charge on any atom is 0.251 e. The largest absolute Gasteiger partial charge is 0.348 e. The van der Waals surface area contributed by atoms with E-state index in [4.69, 9.17) is 0 Å². The minimum atomic E-state index is -0.312. The van der Waals surface area contributed by atoms with Gasteiger partial charge in [-0.2, -0.15) is 0 Å². The minimum Gasteiger partial charge on any atom is -0.348 e. The van der Waals surface area contributed by atoms with Gasteiger partial charge in [0, 0.05) is 17.7 Å². The number of amides is 1. The number of carbonyl (C=O) groups is 1. The third-order valence-electron chi connectivity index (χ3n) is 3.39. The summed E-state index contributed by atoms with van der Waals surface area (Å²) in [6, 6.07) is 11.9. The van der Waals surface area contributed by atoms with E-state index in [0.717, 1.165) is 21.6 Å².